The molecule has 1 aliphatic rings. The highest BCUT2D eigenvalue weighted by molar-refractivity contribution is 8.15. The van der Waals surface area contributed by atoms with Gasteiger partial charge in [-0.1, -0.05) is 53.2 Å². The Balaban J connectivity index is 1.72. The maximum absolute atomic E-state index is 12.6. The summed E-state index contributed by atoms with van der Waals surface area (Å²) in [7, 11) is 0. The van der Waals surface area contributed by atoms with Gasteiger partial charge in [0.15, 0.2) is 5.17 Å². The lowest BCUT2D eigenvalue weighted by Gasteiger charge is -2.21. The summed E-state index contributed by atoms with van der Waals surface area (Å²) in [5, 5.41) is 3.46. The van der Waals surface area contributed by atoms with Gasteiger partial charge in [0.05, 0.1) is 16.0 Å². The molecule has 0 aromatic heterocycles. The molecule has 27 heavy (non-hydrogen) atoms. The molecule has 0 spiro atoms. The van der Waals surface area contributed by atoms with Crippen LogP contribution in [0, 0.1) is 13.8 Å². The van der Waals surface area contributed by atoms with Gasteiger partial charge in [0, 0.05) is 5.69 Å². The quantitative estimate of drug-likeness (QED) is 0.824. The maximum atomic E-state index is 12.6. The number of nitrogens with zero attached hydrogens (tertiary/aromatic N) is 2. The number of hydrogen-bond acceptors (Lipinski definition) is 4. The molecule has 2 aromatic rings. The van der Waals surface area contributed by atoms with E-state index >= 15 is 0 Å². The SMILES string of the molecule is Cc1ccc(NC(=O)[C@@H](C)SC2=NCC(=O)N2c2ccccc2Cl)c(C)c1. The van der Waals surface area contributed by atoms with Crippen LogP contribution in [-0.2, 0) is 9.59 Å². The van der Waals surface area contributed by atoms with Gasteiger partial charge < -0.3 is 5.32 Å². The van der Waals surface area contributed by atoms with Crippen LogP contribution in [0.15, 0.2) is 47.5 Å². The van der Waals surface area contributed by atoms with Gasteiger partial charge in [-0.25, -0.2) is 0 Å². The number of nitrogens with one attached hydrogen (secondary N) is 1. The third-order valence-electron chi connectivity index (χ3n) is 4.17. The largest absolute Gasteiger partial charge is 0.325 e. The molecular formula is C20H20ClN3O2S. The maximum Gasteiger partial charge on any atom is 0.254 e. The van der Waals surface area contributed by atoms with Crippen LogP contribution in [-0.4, -0.2) is 28.8 Å². The predicted molar refractivity (Wildman–Crippen MR) is 113 cm³/mol. The summed E-state index contributed by atoms with van der Waals surface area (Å²) in [5.41, 5.74) is 3.51. The van der Waals surface area contributed by atoms with Crippen LogP contribution >= 0.6 is 23.4 Å². The Hall–Kier alpha value is -2.31. The summed E-state index contributed by atoms with van der Waals surface area (Å²) < 4.78 is 0. The topological polar surface area (TPSA) is 61.8 Å². The van der Waals surface area contributed by atoms with Crippen molar-refractivity contribution in [2.45, 2.75) is 26.0 Å². The summed E-state index contributed by atoms with van der Waals surface area (Å²) in [4.78, 5) is 30.7. The molecule has 2 amide bonds. The highest BCUT2D eigenvalue weighted by Gasteiger charge is 2.31. The van der Waals surface area contributed by atoms with Crippen molar-refractivity contribution in [3.05, 3.63) is 58.6 Å². The number of amides is 2. The van der Waals surface area contributed by atoms with Gasteiger partial charge in [0.1, 0.15) is 6.54 Å². The molecule has 0 unspecified atom stereocenters. The Morgan fingerprint density at radius 1 is 1.26 bits per heavy atom. The van der Waals surface area contributed by atoms with Crippen LogP contribution < -0.4 is 10.2 Å². The number of para-hydroxylation sites is 1. The summed E-state index contributed by atoms with van der Waals surface area (Å²) in [6.07, 6.45) is 0. The molecule has 0 radical (unpaired) electrons. The van der Waals surface area contributed by atoms with E-state index in [1.807, 2.05) is 38.1 Å². The number of amidine groups is 1. The number of hydrogen-bond donors (Lipinski definition) is 1. The molecule has 140 valence electrons. The number of rotatable bonds is 4. The fourth-order valence-electron chi connectivity index (χ4n) is 2.74. The second-order valence-corrected chi connectivity index (χ2v) is 8.06. The lowest BCUT2D eigenvalue weighted by Crippen LogP contribution is -2.33. The van der Waals surface area contributed by atoms with Crippen LogP contribution in [0.2, 0.25) is 5.02 Å². The van der Waals surface area contributed by atoms with Gasteiger partial charge in [-0.15, -0.1) is 0 Å². The number of benzene rings is 2. The van der Waals surface area contributed by atoms with E-state index in [-0.39, 0.29) is 18.4 Å². The first-order valence-corrected chi connectivity index (χ1v) is 9.79. The van der Waals surface area contributed by atoms with E-state index in [4.69, 9.17) is 11.6 Å². The minimum absolute atomic E-state index is 0.0545. The van der Waals surface area contributed by atoms with Gasteiger partial charge in [-0.2, -0.15) is 0 Å². The Labute approximate surface area is 167 Å². The highest BCUT2D eigenvalue weighted by Crippen LogP contribution is 2.31. The van der Waals surface area contributed by atoms with Crippen LogP contribution in [0.4, 0.5) is 11.4 Å². The van der Waals surface area contributed by atoms with Gasteiger partial charge in [-0.05, 0) is 44.5 Å². The molecule has 0 saturated heterocycles. The molecule has 0 aliphatic carbocycles. The first-order chi connectivity index (χ1) is 12.9. The zero-order valence-electron chi connectivity index (χ0n) is 15.3. The summed E-state index contributed by atoms with van der Waals surface area (Å²) in [5.74, 6) is -0.305. The standard InChI is InChI=1S/C20H20ClN3O2S/c1-12-8-9-16(13(2)10-12)23-19(26)14(3)27-20-22-11-18(25)24(20)17-7-5-4-6-15(17)21/h4-10,14H,11H2,1-3H3,(H,23,26)/t14-/m1/s1. The Kier molecular flexibility index (Phi) is 5.87. The molecule has 1 atom stereocenters. The van der Waals surface area contributed by atoms with Crippen molar-refractivity contribution >= 4 is 51.7 Å². The van der Waals surface area contributed by atoms with Crippen molar-refractivity contribution in [3.63, 3.8) is 0 Å². The zero-order chi connectivity index (χ0) is 19.6. The van der Waals surface area contributed by atoms with E-state index in [0.29, 0.717) is 15.9 Å². The monoisotopic (exact) mass is 401 g/mol. The Bertz CT molecular complexity index is 929. The number of aryl methyl sites for hydroxylation is 2. The van der Waals surface area contributed by atoms with Crippen LogP contribution in [0.1, 0.15) is 18.1 Å². The smallest absolute Gasteiger partial charge is 0.254 e. The van der Waals surface area contributed by atoms with Crippen LogP contribution in [0.25, 0.3) is 0 Å². The fraction of sp³-hybridized carbons (Fsp3) is 0.250. The van der Waals surface area contributed by atoms with Gasteiger partial charge in [0.2, 0.25) is 5.91 Å². The summed E-state index contributed by atoms with van der Waals surface area (Å²) >= 11 is 7.48. The normalized spacial score (nSPS) is 14.9. The van der Waals surface area contributed by atoms with Crippen molar-refractivity contribution < 1.29 is 9.59 Å². The molecule has 3 rings (SSSR count). The van der Waals surface area contributed by atoms with E-state index in [1.54, 1.807) is 25.1 Å². The van der Waals surface area contributed by atoms with Crippen LogP contribution in [0.3, 0.4) is 0 Å². The number of carbonyl (C=O) groups excluding carboxylic acids is 2. The van der Waals surface area contributed by atoms with Crippen molar-refractivity contribution in [3.8, 4) is 0 Å². The lowest BCUT2D eigenvalue weighted by atomic mass is 10.1. The van der Waals surface area contributed by atoms with E-state index < -0.39 is 5.25 Å². The van der Waals surface area contributed by atoms with E-state index in [1.165, 1.54) is 16.7 Å². The second-order valence-electron chi connectivity index (χ2n) is 6.35. The van der Waals surface area contributed by atoms with Crippen LogP contribution in [0.5, 0.6) is 0 Å². The molecule has 2 aromatic carbocycles. The molecule has 0 fully saturated rings. The first kappa shape index (κ1) is 19.5. The van der Waals surface area contributed by atoms with Crippen molar-refractivity contribution in [1.29, 1.82) is 0 Å². The number of anilines is 2. The van der Waals surface area contributed by atoms with Gasteiger partial charge >= 0.3 is 0 Å². The fourth-order valence-corrected chi connectivity index (χ4v) is 3.89. The molecular weight excluding hydrogens is 382 g/mol. The second kappa shape index (κ2) is 8.15. The number of halogens is 1. The van der Waals surface area contributed by atoms with Crippen molar-refractivity contribution in [2.24, 2.45) is 4.99 Å². The Morgan fingerprint density at radius 3 is 2.70 bits per heavy atom. The average Bonchev–Trinajstić information content (AvgIpc) is 2.98. The lowest BCUT2D eigenvalue weighted by molar-refractivity contribution is -0.116. The molecule has 1 N–H and O–H groups in total. The van der Waals surface area contributed by atoms with Gasteiger partial charge in [-0.3, -0.25) is 19.5 Å². The van der Waals surface area contributed by atoms with E-state index in [0.717, 1.165) is 16.8 Å². The third-order valence-corrected chi connectivity index (χ3v) is 5.58. The van der Waals surface area contributed by atoms with Gasteiger partial charge in [0.25, 0.3) is 5.91 Å². The third kappa shape index (κ3) is 4.34. The average molecular weight is 402 g/mol. The number of thioether (sulfide) groups is 1. The molecule has 0 bridgehead atoms. The van der Waals surface area contributed by atoms with E-state index in [9.17, 15) is 9.59 Å². The first-order valence-electron chi connectivity index (χ1n) is 8.53. The zero-order valence-corrected chi connectivity index (χ0v) is 16.9. The Morgan fingerprint density at radius 2 is 2.00 bits per heavy atom. The summed E-state index contributed by atoms with van der Waals surface area (Å²) in [6.45, 7) is 5.81. The minimum atomic E-state index is -0.430. The highest BCUT2D eigenvalue weighted by atomic mass is 35.5. The molecule has 7 heteroatoms. The molecule has 1 heterocycles. The molecule has 5 nitrogen and oxygen atoms in total. The molecule has 0 saturated carbocycles. The van der Waals surface area contributed by atoms with Crippen molar-refractivity contribution in [1.82, 2.24) is 0 Å². The summed E-state index contributed by atoms with van der Waals surface area (Å²) in [6, 6.07) is 13.0. The predicted octanol–water partition coefficient (Wildman–Crippen LogP) is 4.42. The molecule has 1 aliphatic heterocycles. The van der Waals surface area contributed by atoms with E-state index in [2.05, 4.69) is 10.3 Å². The number of aliphatic imine (C=N–C) groups is 1. The number of carbonyl (C=O) groups is 2. The minimum Gasteiger partial charge on any atom is -0.325 e. The van der Waals surface area contributed by atoms with Crippen molar-refractivity contribution in [2.75, 3.05) is 16.8 Å².